The van der Waals surface area contributed by atoms with Crippen LogP contribution in [0.1, 0.15) is 11.1 Å². The number of benzene rings is 4. The highest BCUT2D eigenvalue weighted by Gasteiger charge is 2.11. The molecule has 0 fully saturated rings. The molecule has 0 atom stereocenters. The van der Waals surface area contributed by atoms with Crippen LogP contribution in [0.5, 0.6) is 0 Å². The van der Waals surface area contributed by atoms with E-state index >= 15 is 0 Å². The molecule has 4 aromatic carbocycles. The van der Waals surface area contributed by atoms with E-state index in [0.29, 0.717) is 5.69 Å². The lowest BCUT2D eigenvalue weighted by molar-refractivity contribution is 1.32. The molecule has 5 rings (SSSR count). The predicted octanol–water partition coefficient (Wildman–Crippen LogP) is 6.27. The fourth-order valence-electron chi connectivity index (χ4n) is 3.69. The van der Waals surface area contributed by atoms with Gasteiger partial charge in [-0.3, -0.25) is 0 Å². The molecule has 23 heavy (non-hydrogen) atoms. The molecular weight excluding hydrogens is 278 g/mol. The summed E-state index contributed by atoms with van der Waals surface area (Å²) in [7, 11) is 0. The van der Waals surface area contributed by atoms with E-state index in [0.717, 1.165) is 11.8 Å². The quantitative estimate of drug-likeness (QED) is 0.204. The van der Waals surface area contributed by atoms with Gasteiger partial charge in [-0.05, 0) is 68.1 Å². The first kappa shape index (κ1) is 12.4. The van der Waals surface area contributed by atoms with Gasteiger partial charge in [0.25, 0.3) is 0 Å². The smallest absolute Gasteiger partial charge is 0.187 e. The second kappa shape index (κ2) is 4.44. The second-order valence-corrected chi connectivity index (χ2v) is 6.12. The summed E-state index contributed by atoms with van der Waals surface area (Å²) in [6.07, 6.45) is 5.52. The van der Waals surface area contributed by atoms with Gasteiger partial charge in [-0.25, -0.2) is 4.85 Å². The van der Waals surface area contributed by atoms with Crippen molar-refractivity contribution in [3.63, 3.8) is 0 Å². The summed E-state index contributed by atoms with van der Waals surface area (Å²) < 4.78 is 0. The lowest BCUT2D eigenvalue weighted by Gasteiger charge is -2.10. The van der Waals surface area contributed by atoms with Crippen LogP contribution in [-0.2, 0) is 6.42 Å². The molecule has 0 radical (unpaired) electrons. The van der Waals surface area contributed by atoms with Gasteiger partial charge in [0.2, 0.25) is 0 Å². The minimum Gasteiger partial charge on any atom is -0.238 e. The number of hydrogen-bond acceptors (Lipinski definition) is 0. The van der Waals surface area contributed by atoms with Gasteiger partial charge in [-0.2, -0.15) is 0 Å². The van der Waals surface area contributed by atoms with Crippen LogP contribution in [0.4, 0.5) is 5.69 Å². The molecule has 0 N–H and O–H groups in total. The summed E-state index contributed by atoms with van der Waals surface area (Å²) in [5, 5.41) is 7.48. The molecule has 0 saturated carbocycles. The van der Waals surface area contributed by atoms with E-state index in [9.17, 15) is 0 Å². The molecule has 0 heterocycles. The second-order valence-electron chi connectivity index (χ2n) is 6.12. The number of allylic oxidation sites excluding steroid dienone is 1. The van der Waals surface area contributed by atoms with Gasteiger partial charge in [-0.1, -0.05) is 48.6 Å². The standard InChI is InChI=1S/C22H13N/c1-23-18-8-5-15-13-22-16(11-17(15)12-18)7-10-20-19-4-2-3-14(19)6-9-21(20)22/h2,4-13H,3H2. The van der Waals surface area contributed by atoms with Gasteiger partial charge >= 0.3 is 0 Å². The summed E-state index contributed by atoms with van der Waals surface area (Å²) in [4.78, 5) is 3.53. The molecule has 4 aromatic rings. The minimum atomic E-state index is 0.695. The van der Waals surface area contributed by atoms with Crippen molar-refractivity contribution in [2.45, 2.75) is 6.42 Å². The van der Waals surface area contributed by atoms with Gasteiger partial charge in [0, 0.05) is 0 Å². The van der Waals surface area contributed by atoms with E-state index in [1.54, 1.807) is 0 Å². The van der Waals surface area contributed by atoms with E-state index in [1.807, 2.05) is 18.2 Å². The van der Waals surface area contributed by atoms with Gasteiger partial charge in [-0.15, -0.1) is 0 Å². The first-order valence-corrected chi connectivity index (χ1v) is 7.80. The third kappa shape index (κ3) is 1.73. The van der Waals surface area contributed by atoms with Crippen molar-refractivity contribution in [2.75, 3.05) is 0 Å². The van der Waals surface area contributed by atoms with Crippen LogP contribution >= 0.6 is 0 Å². The fraction of sp³-hybridized carbons (Fsp3) is 0.0455. The Kier molecular flexibility index (Phi) is 2.40. The van der Waals surface area contributed by atoms with Gasteiger partial charge in [0.05, 0.1) is 6.57 Å². The van der Waals surface area contributed by atoms with Crippen molar-refractivity contribution in [1.29, 1.82) is 0 Å². The largest absolute Gasteiger partial charge is 0.238 e. The van der Waals surface area contributed by atoms with Crippen LogP contribution < -0.4 is 0 Å². The summed E-state index contributed by atoms with van der Waals surface area (Å²) >= 11 is 0. The number of rotatable bonds is 0. The molecule has 106 valence electrons. The normalized spacial score (nSPS) is 12.8. The van der Waals surface area contributed by atoms with Crippen LogP contribution in [0.25, 0.3) is 43.2 Å². The lowest BCUT2D eigenvalue weighted by atomic mass is 9.94. The molecular formula is C22H13N. The van der Waals surface area contributed by atoms with E-state index in [1.165, 1.54) is 38.1 Å². The molecule has 0 aliphatic heterocycles. The first-order valence-electron chi connectivity index (χ1n) is 7.80. The Morgan fingerprint density at radius 1 is 0.739 bits per heavy atom. The average Bonchev–Trinajstić information content (AvgIpc) is 3.08. The summed E-state index contributed by atoms with van der Waals surface area (Å²) in [6, 6.07) is 19.3. The SMILES string of the molecule is [C-]#[N+]c1ccc2cc3c(ccc4c5c(ccc43)CC=C5)cc2c1. The molecule has 0 aromatic heterocycles. The number of hydrogen-bond donors (Lipinski definition) is 0. The Bertz CT molecular complexity index is 1190. The Balaban J connectivity index is 1.92. The topological polar surface area (TPSA) is 4.36 Å². The zero-order valence-electron chi connectivity index (χ0n) is 12.5. The van der Waals surface area contributed by atoms with Crippen molar-refractivity contribution in [1.82, 2.24) is 0 Å². The van der Waals surface area contributed by atoms with Crippen LogP contribution in [0.2, 0.25) is 0 Å². The van der Waals surface area contributed by atoms with Crippen molar-refractivity contribution >= 4 is 44.1 Å². The molecule has 1 heteroatoms. The van der Waals surface area contributed by atoms with Crippen LogP contribution in [0.3, 0.4) is 0 Å². The zero-order valence-corrected chi connectivity index (χ0v) is 12.5. The van der Waals surface area contributed by atoms with Gasteiger partial charge in [0.1, 0.15) is 0 Å². The molecule has 1 aliphatic carbocycles. The summed E-state index contributed by atoms with van der Waals surface area (Å²) in [6.45, 7) is 7.18. The van der Waals surface area contributed by atoms with E-state index in [-0.39, 0.29) is 0 Å². The Labute approximate surface area is 134 Å². The first-order chi connectivity index (χ1) is 11.3. The molecule has 0 bridgehead atoms. The van der Waals surface area contributed by atoms with E-state index < -0.39 is 0 Å². The number of fused-ring (bicyclic) bond motifs is 6. The number of nitrogens with zero attached hydrogens (tertiary/aromatic N) is 1. The fourth-order valence-corrected chi connectivity index (χ4v) is 3.69. The molecule has 0 spiro atoms. The summed E-state index contributed by atoms with van der Waals surface area (Å²) in [5.74, 6) is 0. The average molecular weight is 291 g/mol. The Hall–Kier alpha value is -3.11. The molecule has 0 amide bonds. The monoisotopic (exact) mass is 291 g/mol. The van der Waals surface area contributed by atoms with Crippen molar-refractivity contribution < 1.29 is 0 Å². The molecule has 1 nitrogen and oxygen atoms in total. The van der Waals surface area contributed by atoms with Crippen molar-refractivity contribution in [3.8, 4) is 0 Å². The van der Waals surface area contributed by atoms with Gasteiger partial charge in [0.15, 0.2) is 5.69 Å². The summed E-state index contributed by atoms with van der Waals surface area (Å²) in [5.41, 5.74) is 3.48. The highest BCUT2D eigenvalue weighted by molar-refractivity contribution is 6.14. The Morgan fingerprint density at radius 3 is 2.52 bits per heavy atom. The predicted molar refractivity (Wildman–Crippen MR) is 98.0 cm³/mol. The van der Waals surface area contributed by atoms with Gasteiger partial charge < -0.3 is 0 Å². The molecule has 1 aliphatic rings. The third-order valence-electron chi connectivity index (χ3n) is 4.84. The minimum absolute atomic E-state index is 0.695. The van der Waals surface area contributed by atoms with Crippen LogP contribution in [-0.4, -0.2) is 0 Å². The molecule has 0 saturated heterocycles. The van der Waals surface area contributed by atoms with Crippen molar-refractivity contribution in [2.24, 2.45) is 0 Å². The highest BCUT2D eigenvalue weighted by Crippen LogP contribution is 2.35. The highest BCUT2D eigenvalue weighted by atomic mass is 14.6. The maximum atomic E-state index is 7.18. The Morgan fingerprint density at radius 2 is 1.61 bits per heavy atom. The maximum absolute atomic E-state index is 7.18. The van der Waals surface area contributed by atoms with Crippen LogP contribution in [0, 0.1) is 6.57 Å². The van der Waals surface area contributed by atoms with Crippen LogP contribution in [0.15, 0.2) is 60.7 Å². The zero-order chi connectivity index (χ0) is 15.4. The van der Waals surface area contributed by atoms with E-state index in [2.05, 4.69) is 53.4 Å². The maximum Gasteiger partial charge on any atom is 0.187 e. The third-order valence-corrected chi connectivity index (χ3v) is 4.84. The lowest BCUT2D eigenvalue weighted by Crippen LogP contribution is -1.86. The molecule has 0 unspecified atom stereocenters. The van der Waals surface area contributed by atoms with E-state index in [4.69, 9.17) is 6.57 Å². The van der Waals surface area contributed by atoms with Crippen molar-refractivity contribution in [3.05, 3.63) is 83.2 Å².